The molecular formula is C11H10FNO. The van der Waals surface area contributed by atoms with Crippen molar-refractivity contribution in [1.82, 2.24) is 0 Å². The maximum Gasteiger partial charge on any atom is 0.134 e. The van der Waals surface area contributed by atoms with Crippen LogP contribution in [0.25, 0.3) is 6.08 Å². The van der Waals surface area contributed by atoms with Gasteiger partial charge in [0, 0.05) is 0 Å². The summed E-state index contributed by atoms with van der Waals surface area (Å²) in [5.74, 6) is 0.123. The first-order chi connectivity index (χ1) is 6.79. The average Bonchev–Trinajstić information content (AvgIpc) is 2.20. The molecule has 0 spiro atoms. The molecule has 0 bridgehead atoms. The van der Waals surface area contributed by atoms with Crippen molar-refractivity contribution in [3.63, 3.8) is 0 Å². The molecule has 0 amide bonds. The maximum atomic E-state index is 13.3. The molecule has 0 radical (unpaired) electrons. The fraction of sp³-hybridized carbons (Fsp3) is 0.182. The summed E-state index contributed by atoms with van der Waals surface area (Å²) in [6.45, 7) is 0. The smallest absolute Gasteiger partial charge is 0.134 e. The van der Waals surface area contributed by atoms with Crippen LogP contribution in [0.3, 0.4) is 0 Å². The Labute approximate surface area is 82.2 Å². The lowest BCUT2D eigenvalue weighted by atomic mass is 10.1. The zero-order valence-corrected chi connectivity index (χ0v) is 7.83. The quantitative estimate of drug-likeness (QED) is 0.735. The van der Waals surface area contributed by atoms with E-state index in [1.165, 1.54) is 13.2 Å². The van der Waals surface area contributed by atoms with Crippen LogP contribution in [0.15, 0.2) is 24.3 Å². The van der Waals surface area contributed by atoms with Crippen LogP contribution in [0.2, 0.25) is 0 Å². The third-order valence-corrected chi connectivity index (χ3v) is 1.73. The highest BCUT2D eigenvalue weighted by molar-refractivity contribution is 5.58. The van der Waals surface area contributed by atoms with Crippen molar-refractivity contribution in [3.8, 4) is 11.8 Å². The van der Waals surface area contributed by atoms with Gasteiger partial charge in [0.1, 0.15) is 11.6 Å². The standard InChI is InChI=1S/C11H10FNO/c1-14-11-7-4-6-10(12)9(11)5-2-3-8-13/h2,4-7H,3H2,1H3. The normalized spacial score (nSPS) is 10.1. The summed E-state index contributed by atoms with van der Waals surface area (Å²) in [6, 6.07) is 6.56. The molecule has 0 atom stereocenters. The zero-order chi connectivity index (χ0) is 10.4. The molecule has 0 fully saturated rings. The number of nitriles is 1. The van der Waals surface area contributed by atoms with Crippen molar-refractivity contribution < 1.29 is 9.13 Å². The highest BCUT2D eigenvalue weighted by Crippen LogP contribution is 2.22. The Kier molecular flexibility index (Phi) is 3.69. The number of methoxy groups -OCH3 is 1. The Bertz CT molecular complexity index is 379. The van der Waals surface area contributed by atoms with Crippen LogP contribution in [0, 0.1) is 17.1 Å². The molecule has 1 aromatic carbocycles. The summed E-state index contributed by atoms with van der Waals surface area (Å²) in [7, 11) is 1.48. The minimum atomic E-state index is -0.349. The van der Waals surface area contributed by atoms with Gasteiger partial charge in [0.25, 0.3) is 0 Å². The lowest BCUT2D eigenvalue weighted by Crippen LogP contribution is -1.89. The summed E-state index contributed by atoms with van der Waals surface area (Å²) in [5.41, 5.74) is 0.380. The Hall–Kier alpha value is -1.82. The van der Waals surface area contributed by atoms with Gasteiger partial charge in [0.05, 0.1) is 25.2 Å². The van der Waals surface area contributed by atoms with E-state index in [9.17, 15) is 4.39 Å². The van der Waals surface area contributed by atoms with Gasteiger partial charge in [0.2, 0.25) is 0 Å². The lowest BCUT2D eigenvalue weighted by molar-refractivity contribution is 0.410. The van der Waals surface area contributed by atoms with Gasteiger partial charge < -0.3 is 4.74 Å². The molecule has 14 heavy (non-hydrogen) atoms. The SMILES string of the molecule is COc1cccc(F)c1C=CCC#N. The second kappa shape index (κ2) is 5.03. The number of halogens is 1. The largest absolute Gasteiger partial charge is 0.496 e. The van der Waals surface area contributed by atoms with Crippen LogP contribution in [-0.2, 0) is 0 Å². The maximum absolute atomic E-state index is 13.3. The summed E-state index contributed by atoms with van der Waals surface area (Å²) in [6.07, 6.45) is 3.41. The molecular weight excluding hydrogens is 181 g/mol. The van der Waals surface area contributed by atoms with E-state index >= 15 is 0 Å². The van der Waals surface area contributed by atoms with E-state index in [1.807, 2.05) is 6.07 Å². The second-order valence-electron chi connectivity index (χ2n) is 2.62. The first-order valence-corrected chi connectivity index (χ1v) is 4.15. The molecule has 0 saturated heterocycles. The van der Waals surface area contributed by atoms with E-state index in [4.69, 9.17) is 10.00 Å². The highest BCUT2D eigenvalue weighted by atomic mass is 19.1. The molecule has 1 rings (SSSR count). The van der Waals surface area contributed by atoms with Crippen LogP contribution in [0.1, 0.15) is 12.0 Å². The van der Waals surface area contributed by atoms with Crippen LogP contribution >= 0.6 is 0 Å². The Balaban J connectivity index is 3.00. The fourth-order valence-corrected chi connectivity index (χ4v) is 1.09. The Morgan fingerprint density at radius 2 is 2.36 bits per heavy atom. The van der Waals surface area contributed by atoms with Crippen LogP contribution < -0.4 is 4.74 Å². The third-order valence-electron chi connectivity index (χ3n) is 1.73. The second-order valence-corrected chi connectivity index (χ2v) is 2.62. The molecule has 0 aliphatic heterocycles. The molecule has 72 valence electrons. The number of allylic oxidation sites excluding steroid dienone is 1. The number of rotatable bonds is 3. The van der Waals surface area contributed by atoms with Gasteiger partial charge >= 0.3 is 0 Å². The van der Waals surface area contributed by atoms with Crippen molar-refractivity contribution in [2.75, 3.05) is 7.11 Å². The molecule has 0 heterocycles. The minimum Gasteiger partial charge on any atom is -0.496 e. The number of benzene rings is 1. The van der Waals surface area contributed by atoms with Gasteiger partial charge in [-0.1, -0.05) is 18.2 Å². The number of ether oxygens (including phenoxy) is 1. The van der Waals surface area contributed by atoms with E-state index in [2.05, 4.69) is 0 Å². The Morgan fingerprint density at radius 3 is 3.00 bits per heavy atom. The van der Waals surface area contributed by atoms with Gasteiger partial charge in [0.15, 0.2) is 0 Å². The van der Waals surface area contributed by atoms with Crippen molar-refractivity contribution in [2.45, 2.75) is 6.42 Å². The Morgan fingerprint density at radius 1 is 1.57 bits per heavy atom. The highest BCUT2D eigenvalue weighted by Gasteiger charge is 2.04. The molecule has 0 aliphatic carbocycles. The van der Waals surface area contributed by atoms with Crippen LogP contribution in [0.5, 0.6) is 5.75 Å². The molecule has 0 aliphatic rings. The molecule has 0 aromatic heterocycles. The minimum absolute atomic E-state index is 0.261. The van der Waals surface area contributed by atoms with Gasteiger partial charge in [-0.25, -0.2) is 4.39 Å². The predicted molar refractivity (Wildman–Crippen MR) is 52.2 cm³/mol. The fourth-order valence-electron chi connectivity index (χ4n) is 1.09. The lowest BCUT2D eigenvalue weighted by Gasteiger charge is -2.04. The summed E-state index contributed by atoms with van der Waals surface area (Å²) in [4.78, 5) is 0. The van der Waals surface area contributed by atoms with E-state index < -0.39 is 0 Å². The van der Waals surface area contributed by atoms with Crippen LogP contribution in [0.4, 0.5) is 4.39 Å². The number of hydrogen-bond donors (Lipinski definition) is 0. The van der Waals surface area contributed by atoms with E-state index in [-0.39, 0.29) is 12.2 Å². The monoisotopic (exact) mass is 191 g/mol. The molecule has 0 saturated carbocycles. The van der Waals surface area contributed by atoms with Crippen molar-refractivity contribution in [2.24, 2.45) is 0 Å². The molecule has 0 unspecified atom stereocenters. The van der Waals surface area contributed by atoms with E-state index in [0.717, 1.165) is 0 Å². The predicted octanol–water partition coefficient (Wildman–Crippen LogP) is 2.76. The average molecular weight is 191 g/mol. The number of nitrogens with zero attached hydrogens (tertiary/aromatic N) is 1. The van der Waals surface area contributed by atoms with Crippen molar-refractivity contribution >= 4 is 6.08 Å². The summed E-state index contributed by atoms with van der Waals surface area (Å²) < 4.78 is 18.2. The first-order valence-electron chi connectivity index (χ1n) is 4.15. The van der Waals surface area contributed by atoms with Crippen LogP contribution in [-0.4, -0.2) is 7.11 Å². The van der Waals surface area contributed by atoms with Gasteiger partial charge in [-0.15, -0.1) is 0 Å². The summed E-state index contributed by atoms with van der Waals surface area (Å²) >= 11 is 0. The van der Waals surface area contributed by atoms with Gasteiger partial charge in [-0.05, 0) is 12.1 Å². The molecule has 3 heteroatoms. The zero-order valence-electron chi connectivity index (χ0n) is 7.83. The molecule has 0 N–H and O–H groups in total. The topological polar surface area (TPSA) is 33.0 Å². The van der Waals surface area contributed by atoms with E-state index in [1.54, 1.807) is 24.3 Å². The first kappa shape index (κ1) is 10.3. The van der Waals surface area contributed by atoms with Gasteiger partial charge in [-0.2, -0.15) is 5.26 Å². The van der Waals surface area contributed by atoms with E-state index in [0.29, 0.717) is 11.3 Å². The molecule has 2 nitrogen and oxygen atoms in total. The summed E-state index contributed by atoms with van der Waals surface area (Å²) in [5, 5.41) is 8.31. The number of hydrogen-bond acceptors (Lipinski definition) is 2. The molecule has 1 aromatic rings. The van der Waals surface area contributed by atoms with Crippen molar-refractivity contribution in [3.05, 3.63) is 35.7 Å². The van der Waals surface area contributed by atoms with Gasteiger partial charge in [-0.3, -0.25) is 0 Å². The third kappa shape index (κ3) is 2.33. The van der Waals surface area contributed by atoms with Crippen molar-refractivity contribution in [1.29, 1.82) is 5.26 Å².